The first-order valence-electron chi connectivity index (χ1n) is 6.28. The Balaban J connectivity index is 1.90. The molecule has 0 radical (unpaired) electrons. The van der Waals surface area contributed by atoms with Crippen LogP contribution < -0.4 is 5.32 Å². The summed E-state index contributed by atoms with van der Waals surface area (Å²) in [4.78, 5) is 1.36. The first kappa shape index (κ1) is 12.9. The van der Waals surface area contributed by atoms with E-state index < -0.39 is 0 Å². The van der Waals surface area contributed by atoms with Crippen LogP contribution in [0, 0.1) is 6.92 Å². The molecule has 2 nitrogen and oxygen atoms in total. The molecule has 0 saturated carbocycles. The van der Waals surface area contributed by atoms with Gasteiger partial charge in [0.05, 0.1) is 6.10 Å². The summed E-state index contributed by atoms with van der Waals surface area (Å²) >= 11 is 1.91. The van der Waals surface area contributed by atoms with Gasteiger partial charge in [-0.3, -0.25) is 0 Å². The molecule has 2 rings (SSSR count). The van der Waals surface area contributed by atoms with Crippen LogP contribution in [0.1, 0.15) is 24.0 Å². The van der Waals surface area contributed by atoms with Gasteiger partial charge in [0.1, 0.15) is 0 Å². The molecule has 0 aliphatic carbocycles. The van der Waals surface area contributed by atoms with Gasteiger partial charge in [0.25, 0.3) is 0 Å². The highest BCUT2D eigenvalue weighted by Gasteiger charge is 2.15. The number of benzene rings is 1. The monoisotopic (exact) mass is 251 g/mol. The maximum Gasteiger partial charge on any atom is 0.0669 e. The zero-order valence-electron chi connectivity index (χ0n) is 10.7. The van der Waals surface area contributed by atoms with Crippen molar-refractivity contribution in [2.45, 2.75) is 37.3 Å². The lowest BCUT2D eigenvalue weighted by Crippen LogP contribution is -2.08. The summed E-state index contributed by atoms with van der Waals surface area (Å²) in [6, 6.07) is 6.73. The van der Waals surface area contributed by atoms with Gasteiger partial charge in [-0.15, -0.1) is 11.8 Å². The molecule has 1 aromatic rings. The molecule has 1 fully saturated rings. The summed E-state index contributed by atoms with van der Waals surface area (Å²) in [5, 5.41) is 3.19. The second kappa shape index (κ2) is 6.43. The summed E-state index contributed by atoms with van der Waals surface area (Å²) in [5.74, 6) is 1.09. The average Bonchev–Trinajstić information content (AvgIpc) is 2.83. The minimum atomic E-state index is 0.470. The SMILES string of the molecule is CNCc1ccc(SCC2CCCO2)cc1C. The van der Waals surface area contributed by atoms with E-state index in [1.54, 1.807) is 0 Å². The van der Waals surface area contributed by atoms with Crippen LogP contribution in [-0.2, 0) is 11.3 Å². The van der Waals surface area contributed by atoms with E-state index in [0.29, 0.717) is 6.10 Å². The Kier molecular flexibility index (Phi) is 4.89. The molecule has 1 heterocycles. The molecule has 3 heteroatoms. The Morgan fingerprint density at radius 2 is 2.35 bits per heavy atom. The van der Waals surface area contributed by atoms with Crippen molar-refractivity contribution in [3.05, 3.63) is 29.3 Å². The van der Waals surface area contributed by atoms with E-state index in [0.717, 1.165) is 18.9 Å². The Bertz CT molecular complexity index is 361. The van der Waals surface area contributed by atoms with Crippen LogP contribution in [-0.4, -0.2) is 25.5 Å². The highest BCUT2D eigenvalue weighted by molar-refractivity contribution is 7.99. The van der Waals surface area contributed by atoms with Gasteiger partial charge in [-0.2, -0.15) is 0 Å². The van der Waals surface area contributed by atoms with Crippen LogP contribution in [0.2, 0.25) is 0 Å². The van der Waals surface area contributed by atoms with E-state index in [-0.39, 0.29) is 0 Å². The quantitative estimate of drug-likeness (QED) is 0.813. The fraction of sp³-hybridized carbons (Fsp3) is 0.571. The second-order valence-electron chi connectivity index (χ2n) is 4.56. The number of ether oxygens (including phenoxy) is 1. The first-order chi connectivity index (χ1) is 8.29. The van der Waals surface area contributed by atoms with Gasteiger partial charge in [0, 0.05) is 23.8 Å². The number of hydrogen-bond acceptors (Lipinski definition) is 3. The largest absolute Gasteiger partial charge is 0.377 e. The lowest BCUT2D eigenvalue weighted by molar-refractivity contribution is 0.129. The van der Waals surface area contributed by atoms with Crippen molar-refractivity contribution >= 4 is 11.8 Å². The van der Waals surface area contributed by atoms with E-state index in [1.165, 1.54) is 28.9 Å². The first-order valence-corrected chi connectivity index (χ1v) is 7.26. The number of nitrogens with one attached hydrogen (secondary N) is 1. The third kappa shape index (κ3) is 3.73. The second-order valence-corrected chi connectivity index (χ2v) is 5.66. The van der Waals surface area contributed by atoms with Crippen molar-refractivity contribution in [3.8, 4) is 0 Å². The summed E-state index contributed by atoms with van der Waals surface area (Å²) in [5.41, 5.74) is 2.76. The van der Waals surface area contributed by atoms with Gasteiger partial charge in [-0.05, 0) is 50.1 Å². The average molecular weight is 251 g/mol. The topological polar surface area (TPSA) is 21.3 Å². The van der Waals surface area contributed by atoms with E-state index in [4.69, 9.17) is 4.74 Å². The van der Waals surface area contributed by atoms with Crippen molar-refractivity contribution in [2.75, 3.05) is 19.4 Å². The van der Waals surface area contributed by atoms with Gasteiger partial charge in [-0.1, -0.05) is 6.07 Å². The van der Waals surface area contributed by atoms with Crippen LogP contribution in [0.15, 0.2) is 23.1 Å². The van der Waals surface area contributed by atoms with Gasteiger partial charge in [0.2, 0.25) is 0 Å². The van der Waals surface area contributed by atoms with Crippen molar-refractivity contribution in [2.24, 2.45) is 0 Å². The predicted octanol–water partition coefficient (Wildman–Crippen LogP) is 2.99. The molecular weight excluding hydrogens is 230 g/mol. The van der Waals surface area contributed by atoms with E-state index in [2.05, 4.69) is 30.4 Å². The molecule has 1 atom stereocenters. The van der Waals surface area contributed by atoms with Crippen LogP contribution in [0.4, 0.5) is 0 Å². The maximum absolute atomic E-state index is 5.64. The maximum atomic E-state index is 5.64. The lowest BCUT2D eigenvalue weighted by Gasteiger charge is -2.11. The Labute approximate surface area is 108 Å². The molecule has 1 aromatic carbocycles. The molecule has 0 aromatic heterocycles. The van der Waals surface area contributed by atoms with Gasteiger partial charge < -0.3 is 10.1 Å². The van der Waals surface area contributed by atoms with E-state index >= 15 is 0 Å². The van der Waals surface area contributed by atoms with Crippen molar-refractivity contribution in [1.82, 2.24) is 5.32 Å². The normalized spacial score (nSPS) is 19.8. The summed E-state index contributed by atoms with van der Waals surface area (Å²) in [6.45, 7) is 4.08. The van der Waals surface area contributed by atoms with E-state index in [9.17, 15) is 0 Å². The molecule has 1 saturated heterocycles. The third-order valence-electron chi connectivity index (χ3n) is 3.14. The number of hydrogen-bond donors (Lipinski definition) is 1. The molecule has 17 heavy (non-hydrogen) atoms. The highest BCUT2D eigenvalue weighted by Crippen LogP contribution is 2.25. The fourth-order valence-electron chi connectivity index (χ4n) is 2.11. The van der Waals surface area contributed by atoms with Crippen LogP contribution in [0.3, 0.4) is 0 Å². The van der Waals surface area contributed by atoms with Crippen LogP contribution in [0.5, 0.6) is 0 Å². The number of rotatable bonds is 5. The smallest absolute Gasteiger partial charge is 0.0669 e. The Hall–Kier alpha value is -0.510. The van der Waals surface area contributed by atoms with Gasteiger partial charge in [-0.25, -0.2) is 0 Å². The van der Waals surface area contributed by atoms with Crippen molar-refractivity contribution in [3.63, 3.8) is 0 Å². The zero-order chi connectivity index (χ0) is 12.1. The third-order valence-corrected chi connectivity index (χ3v) is 4.27. The van der Waals surface area contributed by atoms with Crippen molar-refractivity contribution in [1.29, 1.82) is 0 Å². The number of aryl methyl sites for hydroxylation is 1. The molecule has 0 bridgehead atoms. The molecular formula is C14H21NOS. The predicted molar refractivity (Wildman–Crippen MR) is 73.6 cm³/mol. The molecule has 0 amide bonds. The molecule has 0 spiro atoms. The molecule has 94 valence electrons. The standard InChI is InChI=1S/C14H21NOS/c1-11-8-14(6-5-12(11)9-15-2)17-10-13-4-3-7-16-13/h5-6,8,13,15H,3-4,7,9-10H2,1-2H3. The van der Waals surface area contributed by atoms with Gasteiger partial charge >= 0.3 is 0 Å². The molecule has 1 aliphatic heterocycles. The molecule has 1 aliphatic rings. The zero-order valence-corrected chi connectivity index (χ0v) is 11.5. The summed E-state index contributed by atoms with van der Waals surface area (Å²) < 4.78 is 5.64. The van der Waals surface area contributed by atoms with E-state index in [1.807, 2.05) is 18.8 Å². The highest BCUT2D eigenvalue weighted by atomic mass is 32.2. The van der Waals surface area contributed by atoms with Gasteiger partial charge in [0.15, 0.2) is 0 Å². The minimum absolute atomic E-state index is 0.470. The fourth-order valence-corrected chi connectivity index (χ4v) is 3.18. The minimum Gasteiger partial charge on any atom is -0.377 e. The summed E-state index contributed by atoms with van der Waals surface area (Å²) in [7, 11) is 1.99. The van der Waals surface area contributed by atoms with Crippen LogP contribution >= 0.6 is 11.8 Å². The lowest BCUT2D eigenvalue weighted by atomic mass is 10.1. The number of thioether (sulfide) groups is 1. The summed E-state index contributed by atoms with van der Waals surface area (Å²) in [6.07, 6.45) is 2.92. The van der Waals surface area contributed by atoms with Crippen molar-refractivity contribution < 1.29 is 4.74 Å². The van der Waals surface area contributed by atoms with Crippen LogP contribution in [0.25, 0.3) is 0 Å². The Morgan fingerprint density at radius 3 is 3.00 bits per heavy atom. The Morgan fingerprint density at radius 1 is 1.47 bits per heavy atom. The molecule has 1 unspecified atom stereocenters. The molecule has 1 N–H and O–H groups in total.